The Balaban J connectivity index is 2.65. The van der Waals surface area contributed by atoms with E-state index in [1.807, 2.05) is 27.7 Å². The van der Waals surface area contributed by atoms with Gasteiger partial charge in [-0.05, 0) is 34.6 Å². The first kappa shape index (κ1) is 15.8. The minimum atomic E-state index is -0.541. The Labute approximate surface area is 114 Å². The second-order valence-corrected chi connectivity index (χ2v) is 5.69. The second kappa shape index (κ2) is 6.23. The van der Waals surface area contributed by atoms with Crippen molar-refractivity contribution in [3.63, 3.8) is 0 Å². The van der Waals surface area contributed by atoms with Crippen LogP contribution in [0.15, 0.2) is 0 Å². The maximum atomic E-state index is 12.1. The van der Waals surface area contributed by atoms with E-state index in [2.05, 4.69) is 5.32 Å². The quantitative estimate of drug-likeness (QED) is 0.764. The fraction of sp³-hybridized carbons (Fsp3) is 0.846. The molecular weight excluding hydrogens is 248 g/mol. The van der Waals surface area contributed by atoms with Crippen molar-refractivity contribution in [1.82, 2.24) is 10.2 Å². The summed E-state index contributed by atoms with van der Waals surface area (Å²) < 4.78 is 10.3. The molecule has 1 N–H and O–H groups in total. The lowest BCUT2D eigenvalue weighted by molar-refractivity contribution is -0.147. The van der Waals surface area contributed by atoms with Crippen molar-refractivity contribution in [1.29, 1.82) is 0 Å². The average Bonchev–Trinajstić information content (AvgIpc) is 2.27. The number of rotatable bonds is 2. The minimum absolute atomic E-state index is 0.0134. The van der Waals surface area contributed by atoms with Crippen LogP contribution in [0.4, 0.5) is 4.79 Å². The lowest BCUT2D eigenvalue weighted by atomic mass is 10.1. The van der Waals surface area contributed by atoms with E-state index in [1.54, 1.807) is 11.8 Å². The Kier molecular flexibility index (Phi) is 5.17. The van der Waals surface area contributed by atoms with E-state index in [-0.39, 0.29) is 18.6 Å². The molecule has 0 bridgehead atoms. The first-order chi connectivity index (χ1) is 8.74. The molecule has 6 nitrogen and oxygen atoms in total. The lowest BCUT2D eigenvalue weighted by Crippen LogP contribution is -2.60. The molecule has 1 heterocycles. The normalized spacial score (nSPS) is 23.9. The highest BCUT2D eigenvalue weighted by Gasteiger charge is 2.35. The number of ether oxygens (including phenoxy) is 2. The van der Waals surface area contributed by atoms with Crippen LogP contribution >= 0.6 is 0 Å². The first-order valence-electron chi connectivity index (χ1n) is 6.64. The number of carbonyl (C=O) groups excluding carboxylic acids is 2. The van der Waals surface area contributed by atoms with Gasteiger partial charge in [-0.2, -0.15) is 0 Å². The molecular formula is C13H24N2O4. The predicted octanol–water partition coefficient (Wildman–Crippen LogP) is 1.15. The maximum Gasteiger partial charge on any atom is 0.410 e. The van der Waals surface area contributed by atoms with Gasteiger partial charge < -0.3 is 19.7 Å². The minimum Gasteiger partial charge on any atom is -0.465 e. The Bertz CT molecular complexity index is 338. The van der Waals surface area contributed by atoms with Crippen molar-refractivity contribution >= 4 is 12.1 Å². The zero-order chi connectivity index (χ0) is 14.6. The van der Waals surface area contributed by atoms with Crippen LogP contribution in [0.3, 0.4) is 0 Å². The van der Waals surface area contributed by atoms with Gasteiger partial charge in [-0.15, -0.1) is 0 Å². The molecule has 110 valence electrons. The van der Waals surface area contributed by atoms with E-state index in [9.17, 15) is 9.59 Å². The van der Waals surface area contributed by atoms with Gasteiger partial charge in [-0.3, -0.25) is 4.79 Å². The summed E-state index contributed by atoms with van der Waals surface area (Å²) in [6, 6.07) is -0.496. The van der Waals surface area contributed by atoms with E-state index in [0.29, 0.717) is 13.2 Å². The standard InChI is InChI=1S/C13H24N2O4/c1-6-18-11(16)10-8-15(9(2)7-14-10)12(17)19-13(3,4)5/h9-10,14H,6-8H2,1-5H3. The predicted molar refractivity (Wildman–Crippen MR) is 70.8 cm³/mol. The molecule has 1 saturated heterocycles. The molecule has 1 amide bonds. The molecule has 2 unspecified atom stereocenters. The largest absolute Gasteiger partial charge is 0.465 e. The number of hydrogen-bond donors (Lipinski definition) is 1. The zero-order valence-electron chi connectivity index (χ0n) is 12.4. The van der Waals surface area contributed by atoms with Gasteiger partial charge >= 0.3 is 12.1 Å². The summed E-state index contributed by atoms with van der Waals surface area (Å²) in [6.45, 7) is 10.3. The third-order valence-corrected chi connectivity index (χ3v) is 2.77. The van der Waals surface area contributed by atoms with Gasteiger partial charge in [-0.25, -0.2) is 4.79 Å². The fourth-order valence-corrected chi connectivity index (χ4v) is 1.84. The van der Waals surface area contributed by atoms with Gasteiger partial charge in [0, 0.05) is 12.6 Å². The summed E-state index contributed by atoms with van der Waals surface area (Å²) in [4.78, 5) is 25.3. The monoisotopic (exact) mass is 272 g/mol. The third kappa shape index (κ3) is 4.70. The van der Waals surface area contributed by atoms with Crippen molar-refractivity contribution in [2.75, 3.05) is 19.7 Å². The molecule has 19 heavy (non-hydrogen) atoms. The number of esters is 1. The SMILES string of the molecule is CCOC(=O)C1CN(C(=O)OC(C)(C)C)C(C)CN1. The Morgan fingerprint density at radius 2 is 2.00 bits per heavy atom. The second-order valence-electron chi connectivity index (χ2n) is 5.69. The number of nitrogens with one attached hydrogen (secondary N) is 1. The van der Waals surface area contributed by atoms with Crippen molar-refractivity contribution in [2.24, 2.45) is 0 Å². The number of amides is 1. The van der Waals surface area contributed by atoms with Gasteiger partial charge in [-0.1, -0.05) is 0 Å². The van der Waals surface area contributed by atoms with Gasteiger partial charge in [0.2, 0.25) is 0 Å². The molecule has 0 radical (unpaired) electrons. The summed E-state index contributed by atoms with van der Waals surface area (Å²) in [5.41, 5.74) is -0.541. The Morgan fingerprint density at radius 3 is 2.53 bits per heavy atom. The molecule has 2 atom stereocenters. The van der Waals surface area contributed by atoms with E-state index < -0.39 is 17.7 Å². The van der Waals surface area contributed by atoms with Gasteiger partial charge in [0.15, 0.2) is 0 Å². The zero-order valence-corrected chi connectivity index (χ0v) is 12.4. The van der Waals surface area contributed by atoms with E-state index in [4.69, 9.17) is 9.47 Å². The van der Waals surface area contributed by atoms with Crippen LogP contribution in [-0.4, -0.2) is 54.3 Å². The topological polar surface area (TPSA) is 67.9 Å². The smallest absolute Gasteiger partial charge is 0.410 e. The van der Waals surface area contributed by atoms with Crippen LogP contribution in [-0.2, 0) is 14.3 Å². The summed E-state index contributed by atoms with van der Waals surface area (Å²) >= 11 is 0. The molecule has 1 fully saturated rings. The van der Waals surface area contributed by atoms with Crippen LogP contribution in [0.5, 0.6) is 0 Å². The van der Waals surface area contributed by atoms with Gasteiger partial charge in [0.1, 0.15) is 11.6 Å². The Hall–Kier alpha value is -1.30. The van der Waals surface area contributed by atoms with E-state index in [1.165, 1.54) is 0 Å². The molecule has 0 aliphatic carbocycles. The highest BCUT2D eigenvalue weighted by Crippen LogP contribution is 2.15. The van der Waals surface area contributed by atoms with Gasteiger partial charge in [0.05, 0.1) is 13.2 Å². The highest BCUT2D eigenvalue weighted by atomic mass is 16.6. The van der Waals surface area contributed by atoms with Crippen molar-refractivity contribution in [3.05, 3.63) is 0 Å². The number of carbonyl (C=O) groups is 2. The molecule has 0 aromatic heterocycles. The number of nitrogens with zero attached hydrogens (tertiary/aromatic N) is 1. The molecule has 0 saturated carbocycles. The lowest BCUT2D eigenvalue weighted by Gasteiger charge is -2.38. The molecule has 1 aliphatic heterocycles. The van der Waals surface area contributed by atoms with Crippen LogP contribution in [0.1, 0.15) is 34.6 Å². The summed E-state index contributed by atoms with van der Waals surface area (Å²) in [6.07, 6.45) is -0.393. The first-order valence-corrected chi connectivity index (χ1v) is 6.64. The molecule has 0 aromatic carbocycles. The summed E-state index contributed by atoms with van der Waals surface area (Å²) in [7, 11) is 0. The molecule has 6 heteroatoms. The van der Waals surface area contributed by atoms with Crippen molar-refractivity contribution < 1.29 is 19.1 Å². The van der Waals surface area contributed by atoms with Crippen LogP contribution in [0.25, 0.3) is 0 Å². The van der Waals surface area contributed by atoms with E-state index in [0.717, 1.165) is 0 Å². The highest BCUT2D eigenvalue weighted by molar-refractivity contribution is 5.78. The van der Waals surface area contributed by atoms with Crippen molar-refractivity contribution in [2.45, 2.75) is 52.3 Å². The average molecular weight is 272 g/mol. The van der Waals surface area contributed by atoms with Gasteiger partial charge in [0.25, 0.3) is 0 Å². The van der Waals surface area contributed by atoms with Crippen LogP contribution in [0.2, 0.25) is 0 Å². The van der Waals surface area contributed by atoms with Crippen LogP contribution in [0, 0.1) is 0 Å². The maximum absolute atomic E-state index is 12.1. The Morgan fingerprint density at radius 1 is 1.37 bits per heavy atom. The molecule has 1 aliphatic rings. The number of hydrogen-bond acceptors (Lipinski definition) is 5. The van der Waals surface area contributed by atoms with E-state index >= 15 is 0 Å². The molecule has 0 aromatic rings. The fourth-order valence-electron chi connectivity index (χ4n) is 1.84. The molecule has 1 rings (SSSR count). The summed E-state index contributed by atoms with van der Waals surface area (Å²) in [5.74, 6) is -0.331. The van der Waals surface area contributed by atoms with Crippen molar-refractivity contribution in [3.8, 4) is 0 Å². The molecule has 0 spiro atoms. The third-order valence-electron chi connectivity index (χ3n) is 2.77. The number of piperazine rings is 1. The summed E-state index contributed by atoms with van der Waals surface area (Å²) in [5, 5.41) is 3.08. The van der Waals surface area contributed by atoms with Crippen LogP contribution < -0.4 is 5.32 Å².